The first-order valence-electron chi connectivity index (χ1n) is 6.06. The van der Waals surface area contributed by atoms with Crippen LogP contribution in [0.2, 0.25) is 0 Å². The molecule has 1 aromatic carbocycles. The summed E-state index contributed by atoms with van der Waals surface area (Å²) in [6.45, 7) is 4.43. The highest BCUT2D eigenvalue weighted by atomic mass is 16.4. The first-order chi connectivity index (χ1) is 9.08. The lowest BCUT2D eigenvalue weighted by atomic mass is 10.1. The van der Waals surface area contributed by atoms with Gasteiger partial charge in [0.2, 0.25) is 0 Å². The van der Waals surface area contributed by atoms with Crippen molar-refractivity contribution >= 4 is 11.7 Å². The zero-order valence-corrected chi connectivity index (χ0v) is 11.0. The van der Waals surface area contributed by atoms with Gasteiger partial charge in [0.1, 0.15) is 0 Å². The number of hydrogen-bond acceptors (Lipinski definition) is 3. The quantitative estimate of drug-likeness (QED) is 0.882. The topological polar surface area (TPSA) is 62.2 Å². The number of rotatable bonds is 4. The predicted octanol–water partition coefficient (Wildman–Crippen LogP) is 3.01. The number of carbonyl (C=O) groups is 1. The van der Waals surface area contributed by atoms with Crippen molar-refractivity contribution in [2.75, 3.05) is 5.32 Å². The summed E-state index contributed by atoms with van der Waals surface area (Å²) in [5.41, 5.74) is 4.10. The highest BCUT2D eigenvalue weighted by Gasteiger charge is 2.07. The van der Waals surface area contributed by atoms with E-state index >= 15 is 0 Å². The van der Waals surface area contributed by atoms with Crippen LogP contribution in [0.5, 0.6) is 0 Å². The van der Waals surface area contributed by atoms with Gasteiger partial charge >= 0.3 is 5.97 Å². The standard InChI is InChI=1S/C15H16N2O2/c1-10-4-3-7-16-14(10)9-17-12-5-6-13(15(18)19)11(2)8-12/h3-8,17H,9H2,1-2H3,(H,18,19). The molecule has 4 heteroatoms. The monoisotopic (exact) mass is 256 g/mol. The first kappa shape index (κ1) is 13.1. The Hall–Kier alpha value is -2.36. The smallest absolute Gasteiger partial charge is 0.335 e. The van der Waals surface area contributed by atoms with Crippen LogP contribution >= 0.6 is 0 Å². The van der Waals surface area contributed by atoms with E-state index < -0.39 is 5.97 Å². The van der Waals surface area contributed by atoms with Gasteiger partial charge in [0.25, 0.3) is 0 Å². The van der Waals surface area contributed by atoms with Gasteiger partial charge in [0.15, 0.2) is 0 Å². The van der Waals surface area contributed by atoms with E-state index in [1.54, 1.807) is 25.3 Å². The van der Waals surface area contributed by atoms with Crippen molar-refractivity contribution in [3.8, 4) is 0 Å². The molecule has 0 saturated carbocycles. The molecular formula is C15H16N2O2. The normalized spacial score (nSPS) is 10.2. The molecule has 98 valence electrons. The molecule has 0 amide bonds. The van der Waals surface area contributed by atoms with Gasteiger partial charge in [0.05, 0.1) is 17.8 Å². The highest BCUT2D eigenvalue weighted by Crippen LogP contribution is 2.16. The molecule has 0 spiro atoms. The highest BCUT2D eigenvalue weighted by molar-refractivity contribution is 5.89. The molecule has 0 aliphatic rings. The molecule has 0 radical (unpaired) electrons. The number of hydrogen-bond donors (Lipinski definition) is 2. The predicted molar refractivity (Wildman–Crippen MR) is 74.4 cm³/mol. The summed E-state index contributed by atoms with van der Waals surface area (Å²) in [6, 6.07) is 9.15. The Morgan fingerprint density at radius 2 is 2.05 bits per heavy atom. The Kier molecular flexibility index (Phi) is 3.80. The molecule has 2 aromatic rings. The zero-order valence-electron chi connectivity index (χ0n) is 11.0. The van der Waals surface area contributed by atoms with Crippen molar-refractivity contribution < 1.29 is 9.90 Å². The van der Waals surface area contributed by atoms with Crippen LogP contribution in [-0.2, 0) is 6.54 Å². The van der Waals surface area contributed by atoms with Crippen LogP contribution in [0.3, 0.4) is 0 Å². The summed E-state index contributed by atoms with van der Waals surface area (Å²) < 4.78 is 0. The third-order valence-corrected chi connectivity index (χ3v) is 3.03. The van der Waals surface area contributed by atoms with Gasteiger partial charge in [-0.15, -0.1) is 0 Å². The molecule has 0 aliphatic heterocycles. The second kappa shape index (κ2) is 5.52. The molecule has 2 rings (SSSR count). The third-order valence-electron chi connectivity index (χ3n) is 3.03. The van der Waals surface area contributed by atoms with Crippen LogP contribution in [0.4, 0.5) is 5.69 Å². The van der Waals surface area contributed by atoms with E-state index in [0.29, 0.717) is 12.1 Å². The fourth-order valence-electron chi connectivity index (χ4n) is 1.90. The number of carboxylic acids is 1. The van der Waals surface area contributed by atoms with Gasteiger partial charge in [0, 0.05) is 11.9 Å². The molecule has 0 aliphatic carbocycles. The summed E-state index contributed by atoms with van der Waals surface area (Å²) in [7, 11) is 0. The average Bonchev–Trinajstić information content (AvgIpc) is 2.37. The molecule has 1 aromatic heterocycles. The summed E-state index contributed by atoms with van der Waals surface area (Å²) in [6.07, 6.45) is 1.77. The number of aryl methyl sites for hydroxylation is 2. The van der Waals surface area contributed by atoms with Crippen LogP contribution in [0.1, 0.15) is 27.2 Å². The summed E-state index contributed by atoms with van der Waals surface area (Å²) in [5, 5.41) is 12.2. The minimum atomic E-state index is -0.898. The Balaban J connectivity index is 2.11. The maximum absolute atomic E-state index is 10.9. The van der Waals surface area contributed by atoms with Crippen molar-refractivity contribution in [2.45, 2.75) is 20.4 Å². The van der Waals surface area contributed by atoms with E-state index in [0.717, 1.165) is 22.5 Å². The first-order valence-corrected chi connectivity index (χ1v) is 6.06. The molecule has 1 heterocycles. The Bertz CT molecular complexity index is 609. The van der Waals surface area contributed by atoms with E-state index in [9.17, 15) is 4.79 Å². The maximum Gasteiger partial charge on any atom is 0.335 e. The average molecular weight is 256 g/mol. The van der Waals surface area contributed by atoms with E-state index in [2.05, 4.69) is 10.3 Å². The summed E-state index contributed by atoms with van der Waals surface area (Å²) in [5.74, 6) is -0.898. The van der Waals surface area contributed by atoms with Crippen molar-refractivity contribution in [1.29, 1.82) is 0 Å². The lowest BCUT2D eigenvalue weighted by molar-refractivity contribution is 0.0696. The van der Waals surface area contributed by atoms with Gasteiger partial charge < -0.3 is 10.4 Å². The van der Waals surface area contributed by atoms with Gasteiger partial charge in [-0.25, -0.2) is 4.79 Å². The number of anilines is 1. The number of nitrogens with zero attached hydrogens (tertiary/aromatic N) is 1. The van der Waals surface area contributed by atoms with Crippen LogP contribution < -0.4 is 5.32 Å². The number of nitrogens with one attached hydrogen (secondary N) is 1. The molecule has 19 heavy (non-hydrogen) atoms. The minimum absolute atomic E-state index is 0.333. The molecule has 0 saturated heterocycles. The number of aromatic nitrogens is 1. The lowest BCUT2D eigenvalue weighted by Crippen LogP contribution is -2.05. The number of carboxylic acid groups (broad SMARTS) is 1. The number of pyridine rings is 1. The van der Waals surface area contributed by atoms with Crippen LogP contribution in [0, 0.1) is 13.8 Å². The van der Waals surface area contributed by atoms with Gasteiger partial charge in [-0.1, -0.05) is 6.07 Å². The Morgan fingerprint density at radius 1 is 1.26 bits per heavy atom. The maximum atomic E-state index is 10.9. The molecule has 2 N–H and O–H groups in total. The molecule has 4 nitrogen and oxygen atoms in total. The SMILES string of the molecule is Cc1cc(NCc2ncccc2C)ccc1C(=O)O. The van der Waals surface area contributed by atoms with Crippen molar-refractivity contribution in [3.05, 3.63) is 58.9 Å². The number of benzene rings is 1. The van der Waals surface area contributed by atoms with Gasteiger partial charge in [-0.2, -0.15) is 0 Å². The molecule has 0 unspecified atom stereocenters. The summed E-state index contributed by atoms with van der Waals surface area (Å²) in [4.78, 5) is 15.2. The summed E-state index contributed by atoms with van der Waals surface area (Å²) >= 11 is 0. The fraction of sp³-hybridized carbons (Fsp3) is 0.200. The van der Waals surface area contributed by atoms with Crippen LogP contribution in [0.25, 0.3) is 0 Å². The largest absolute Gasteiger partial charge is 0.478 e. The molecular weight excluding hydrogens is 240 g/mol. The zero-order chi connectivity index (χ0) is 13.8. The van der Waals surface area contributed by atoms with Gasteiger partial charge in [-0.05, 0) is 49.2 Å². The van der Waals surface area contributed by atoms with Crippen LogP contribution in [0.15, 0.2) is 36.5 Å². The van der Waals surface area contributed by atoms with Crippen molar-refractivity contribution in [3.63, 3.8) is 0 Å². The second-order valence-corrected chi connectivity index (χ2v) is 4.46. The Labute approximate surface area is 112 Å². The number of aromatic carboxylic acids is 1. The fourth-order valence-corrected chi connectivity index (χ4v) is 1.90. The third kappa shape index (κ3) is 3.10. The van der Waals surface area contributed by atoms with E-state index in [-0.39, 0.29) is 0 Å². The Morgan fingerprint density at radius 3 is 2.68 bits per heavy atom. The second-order valence-electron chi connectivity index (χ2n) is 4.46. The lowest BCUT2D eigenvalue weighted by Gasteiger charge is -2.09. The van der Waals surface area contributed by atoms with E-state index in [4.69, 9.17) is 5.11 Å². The van der Waals surface area contributed by atoms with E-state index in [1.165, 1.54) is 0 Å². The molecule has 0 bridgehead atoms. The van der Waals surface area contributed by atoms with Crippen molar-refractivity contribution in [2.24, 2.45) is 0 Å². The van der Waals surface area contributed by atoms with E-state index in [1.807, 2.05) is 25.1 Å². The van der Waals surface area contributed by atoms with Crippen molar-refractivity contribution in [1.82, 2.24) is 4.98 Å². The van der Waals surface area contributed by atoms with Gasteiger partial charge in [-0.3, -0.25) is 4.98 Å². The molecule has 0 fully saturated rings. The molecule has 0 atom stereocenters. The van der Waals surface area contributed by atoms with Crippen LogP contribution in [-0.4, -0.2) is 16.1 Å². The minimum Gasteiger partial charge on any atom is -0.478 e.